The van der Waals surface area contributed by atoms with Crippen molar-refractivity contribution in [3.63, 3.8) is 0 Å². The zero-order chi connectivity index (χ0) is 18.9. The molecule has 0 aromatic heterocycles. The number of rotatable bonds is 6. The third-order valence-corrected chi connectivity index (χ3v) is 5.88. The second kappa shape index (κ2) is 10.9. The maximum Gasteiger partial charge on any atom is 0.222 e. The number of aliphatic imine (C=N–C) groups is 1. The number of carbonyl (C=O) groups excluding carboxylic acids is 1. The second-order valence-corrected chi connectivity index (χ2v) is 7.82. The summed E-state index contributed by atoms with van der Waals surface area (Å²) in [6, 6.07) is 0.618. The molecule has 0 bridgehead atoms. The lowest BCUT2D eigenvalue weighted by Crippen LogP contribution is -2.46. The van der Waals surface area contributed by atoms with Crippen LogP contribution in [0.25, 0.3) is 0 Å². The lowest BCUT2D eigenvalue weighted by molar-refractivity contribution is -0.130. The summed E-state index contributed by atoms with van der Waals surface area (Å²) in [6.45, 7) is 11.5. The minimum Gasteiger partial charge on any atom is -0.379 e. The van der Waals surface area contributed by atoms with Gasteiger partial charge in [-0.15, -0.1) is 0 Å². The summed E-state index contributed by atoms with van der Waals surface area (Å²) < 4.78 is 5.48. The molecule has 1 atom stereocenters. The van der Waals surface area contributed by atoms with Gasteiger partial charge in [0, 0.05) is 64.8 Å². The summed E-state index contributed by atoms with van der Waals surface area (Å²) in [6.07, 6.45) is 6.26. The lowest BCUT2D eigenvalue weighted by atomic mass is 10.2. The molecule has 0 radical (unpaired) electrons. The van der Waals surface area contributed by atoms with Crippen LogP contribution >= 0.6 is 0 Å². The number of likely N-dealkylation sites (tertiary alicyclic amines) is 2. The largest absolute Gasteiger partial charge is 0.379 e. The van der Waals surface area contributed by atoms with E-state index in [4.69, 9.17) is 9.73 Å². The summed E-state index contributed by atoms with van der Waals surface area (Å²) in [5, 5.41) is 3.46. The van der Waals surface area contributed by atoms with Gasteiger partial charge in [0.15, 0.2) is 5.96 Å². The van der Waals surface area contributed by atoms with Crippen LogP contribution in [0.1, 0.15) is 45.4 Å². The van der Waals surface area contributed by atoms with E-state index in [0.29, 0.717) is 11.9 Å². The number of carbonyl (C=O) groups is 1. The van der Waals surface area contributed by atoms with Gasteiger partial charge in [0.1, 0.15) is 0 Å². The molecule has 0 spiro atoms. The van der Waals surface area contributed by atoms with Crippen molar-refractivity contribution < 1.29 is 9.53 Å². The Morgan fingerprint density at radius 2 is 2.04 bits per heavy atom. The van der Waals surface area contributed by atoms with Crippen LogP contribution in [0, 0.1) is 0 Å². The molecular formula is C20H37N5O2. The Morgan fingerprint density at radius 1 is 1.19 bits per heavy atom. The molecule has 0 aromatic carbocycles. The van der Waals surface area contributed by atoms with Crippen LogP contribution in [0.5, 0.6) is 0 Å². The van der Waals surface area contributed by atoms with Gasteiger partial charge in [-0.3, -0.25) is 14.7 Å². The van der Waals surface area contributed by atoms with E-state index in [9.17, 15) is 4.79 Å². The van der Waals surface area contributed by atoms with Crippen LogP contribution in [0.3, 0.4) is 0 Å². The zero-order valence-corrected chi connectivity index (χ0v) is 17.0. The van der Waals surface area contributed by atoms with Gasteiger partial charge in [-0.05, 0) is 32.6 Å². The summed E-state index contributed by atoms with van der Waals surface area (Å²) >= 11 is 0. The fraction of sp³-hybridized carbons (Fsp3) is 0.900. The summed E-state index contributed by atoms with van der Waals surface area (Å²) in [7, 11) is 0. The van der Waals surface area contributed by atoms with Crippen molar-refractivity contribution in [1.29, 1.82) is 0 Å². The molecule has 7 heteroatoms. The zero-order valence-electron chi connectivity index (χ0n) is 17.0. The van der Waals surface area contributed by atoms with Crippen LogP contribution in [-0.4, -0.2) is 98.2 Å². The van der Waals surface area contributed by atoms with Gasteiger partial charge in [0.05, 0.1) is 13.2 Å². The Bertz CT molecular complexity index is 493. The van der Waals surface area contributed by atoms with Crippen molar-refractivity contribution >= 4 is 11.9 Å². The summed E-state index contributed by atoms with van der Waals surface area (Å²) in [5.41, 5.74) is 0. The molecule has 0 saturated carbocycles. The molecule has 1 N–H and O–H groups in total. The van der Waals surface area contributed by atoms with Crippen LogP contribution in [-0.2, 0) is 9.53 Å². The molecule has 3 aliphatic heterocycles. The lowest BCUT2D eigenvalue weighted by Gasteiger charge is -2.32. The molecule has 3 saturated heterocycles. The molecule has 3 aliphatic rings. The van der Waals surface area contributed by atoms with Crippen molar-refractivity contribution in [3.8, 4) is 0 Å². The van der Waals surface area contributed by atoms with E-state index in [0.717, 1.165) is 97.2 Å². The van der Waals surface area contributed by atoms with E-state index in [-0.39, 0.29) is 0 Å². The molecule has 0 aliphatic carbocycles. The first-order valence-corrected chi connectivity index (χ1v) is 10.9. The standard InChI is InChI=1S/C20H37N5O2/c1-2-21-20(22-9-6-11-24-10-5-3-4-7-19(24)26)25-12-8-18(17-25)23-13-15-27-16-14-23/h18H,2-17H2,1H3,(H,21,22). The van der Waals surface area contributed by atoms with E-state index in [1.807, 2.05) is 4.90 Å². The summed E-state index contributed by atoms with van der Waals surface area (Å²) in [4.78, 5) is 24.0. The Morgan fingerprint density at radius 3 is 2.85 bits per heavy atom. The normalized spacial score (nSPS) is 25.7. The molecule has 154 valence electrons. The number of nitrogens with zero attached hydrogens (tertiary/aromatic N) is 4. The molecule has 3 fully saturated rings. The fourth-order valence-corrected chi connectivity index (χ4v) is 4.32. The van der Waals surface area contributed by atoms with E-state index < -0.39 is 0 Å². The van der Waals surface area contributed by atoms with Gasteiger partial charge in [0.25, 0.3) is 0 Å². The predicted octanol–water partition coefficient (Wildman–Crippen LogP) is 1.15. The first kappa shape index (κ1) is 20.4. The molecule has 0 aromatic rings. The van der Waals surface area contributed by atoms with Gasteiger partial charge in [-0.25, -0.2) is 0 Å². The van der Waals surface area contributed by atoms with Crippen molar-refractivity contribution in [2.24, 2.45) is 4.99 Å². The first-order chi connectivity index (χ1) is 13.3. The number of morpholine rings is 1. The maximum absolute atomic E-state index is 12.1. The molecule has 3 rings (SSSR count). The number of amides is 1. The van der Waals surface area contributed by atoms with Gasteiger partial charge >= 0.3 is 0 Å². The third kappa shape index (κ3) is 6.07. The van der Waals surface area contributed by atoms with Crippen LogP contribution in [0.4, 0.5) is 0 Å². The topological polar surface area (TPSA) is 60.4 Å². The van der Waals surface area contributed by atoms with Gasteiger partial charge in [-0.1, -0.05) is 6.42 Å². The Kier molecular flexibility index (Phi) is 8.20. The fourth-order valence-electron chi connectivity index (χ4n) is 4.32. The van der Waals surface area contributed by atoms with Gasteiger partial charge in [0.2, 0.25) is 5.91 Å². The first-order valence-electron chi connectivity index (χ1n) is 10.9. The van der Waals surface area contributed by atoms with E-state index in [1.54, 1.807) is 0 Å². The highest BCUT2D eigenvalue weighted by Crippen LogP contribution is 2.17. The smallest absolute Gasteiger partial charge is 0.222 e. The molecular weight excluding hydrogens is 342 g/mol. The Labute approximate surface area is 164 Å². The SMILES string of the molecule is CCNC(=NCCCN1CCCCCC1=O)N1CCC(N2CCOCC2)C1. The van der Waals surface area contributed by atoms with Gasteiger partial charge < -0.3 is 19.9 Å². The van der Waals surface area contributed by atoms with Crippen molar-refractivity contribution in [2.45, 2.75) is 51.5 Å². The molecule has 1 amide bonds. The van der Waals surface area contributed by atoms with Crippen molar-refractivity contribution in [2.75, 3.05) is 65.6 Å². The number of hydrogen-bond donors (Lipinski definition) is 1. The molecule has 3 heterocycles. The number of hydrogen-bond acceptors (Lipinski definition) is 4. The minimum absolute atomic E-state index is 0.330. The van der Waals surface area contributed by atoms with Crippen LogP contribution < -0.4 is 5.32 Å². The van der Waals surface area contributed by atoms with Crippen LogP contribution in [0.2, 0.25) is 0 Å². The average molecular weight is 380 g/mol. The number of ether oxygens (including phenoxy) is 1. The van der Waals surface area contributed by atoms with E-state index in [2.05, 4.69) is 22.0 Å². The highest BCUT2D eigenvalue weighted by Gasteiger charge is 2.30. The molecule has 7 nitrogen and oxygen atoms in total. The average Bonchev–Trinajstić information content (AvgIpc) is 3.10. The number of guanidine groups is 1. The monoisotopic (exact) mass is 379 g/mol. The quantitative estimate of drug-likeness (QED) is 0.426. The highest BCUT2D eigenvalue weighted by molar-refractivity contribution is 5.80. The van der Waals surface area contributed by atoms with Crippen molar-refractivity contribution in [3.05, 3.63) is 0 Å². The Hall–Kier alpha value is -1.34. The minimum atomic E-state index is 0.330. The van der Waals surface area contributed by atoms with Gasteiger partial charge in [-0.2, -0.15) is 0 Å². The number of nitrogens with one attached hydrogen (secondary N) is 1. The molecule has 1 unspecified atom stereocenters. The second-order valence-electron chi connectivity index (χ2n) is 7.82. The highest BCUT2D eigenvalue weighted by atomic mass is 16.5. The van der Waals surface area contributed by atoms with Crippen molar-refractivity contribution in [1.82, 2.24) is 20.0 Å². The van der Waals surface area contributed by atoms with E-state index >= 15 is 0 Å². The third-order valence-electron chi connectivity index (χ3n) is 5.88. The maximum atomic E-state index is 12.1. The molecule has 27 heavy (non-hydrogen) atoms. The van der Waals surface area contributed by atoms with Crippen LogP contribution in [0.15, 0.2) is 4.99 Å². The van der Waals surface area contributed by atoms with E-state index in [1.165, 1.54) is 12.8 Å². The summed E-state index contributed by atoms with van der Waals surface area (Å²) in [5.74, 6) is 1.37. The predicted molar refractivity (Wildman–Crippen MR) is 108 cm³/mol. The Balaban J connectivity index is 1.45.